The quantitative estimate of drug-likeness (QED) is 0.368. The Morgan fingerprint density at radius 2 is 1.00 bits per heavy atom. The molecule has 0 atom stereocenters. The SMILES string of the molecule is C.C.N=N.[GaH3].[HH]. The molecule has 0 aromatic rings. The first-order valence-corrected chi connectivity index (χ1v) is 0.250. The van der Waals surface area contributed by atoms with E-state index in [0.29, 0.717) is 0 Å². The predicted molar refractivity (Wildman–Crippen MR) is 31.0 cm³/mol. The van der Waals surface area contributed by atoms with Gasteiger partial charge in [0.25, 0.3) is 0 Å². The van der Waals surface area contributed by atoms with Gasteiger partial charge in [0.05, 0.1) is 0 Å². The molecule has 0 aliphatic rings. The van der Waals surface area contributed by atoms with Gasteiger partial charge in [-0.05, 0) is 0 Å². The molecule has 0 aliphatic heterocycles. The van der Waals surface area contributed by atoms with Crippen LogP contribution in [0.5, 0.6) is 0 Å². The molecule has 0 amide bonds. The van der Waals surface area contributed by atoms with Crippen LogP contribution in [0.15, 0.2) is 0 Å². The van der Waals surface area contributed by atoms with Crippen molar-refractivity contribution in [2.24, 2.45) is 0 Å². The van der Waals surface area contributed by atoms with Gasteiger partial charge in [-0.1, -0.05) is 14.9 Å². The summed E-state index contributed by atoms with van der Waals surface area (Å²) in [5.41, 5.74) is 10.0. The molecule has 0 aromatic heterocycles. The molecule has 0 aliphatic carbocycles. The second-order valence-electron chi connectivity index (χ2n) is 0. The number of nitrogens with one attached hydrogen (secondary N) is 2. The van der Waals surface area contributed by atoms with E-state index in [0.717, 1.165) is 0 Å². The first kappa shape index (κ1) is 61.5. The molecular formula is C2H15GaN2. The molecule has 0 bridgehead atoms. The Morgan fingerprint density at radius 3 is 1.00 bits per heavy atom. The Labute approximate surface area is 47.8 Å². The fourth-order valence-corrected chi connectivity index (χ4v) is 0. The van der Waals surface area contributed by atoms with Crippen LogP contribution in [0.1, 0.15) is 16.3 Å². The number of rotatable bonds is 0. The van der Waals surface area contributed by atoms with E-state index in [-0.39, 0.29) is 36.1 Å². The van der Waals surface area contributed by atoms with Crippen LogP contribution >= 0.6 is 0 Å². The number of hydrogen-bond acceptors (Lipinski definition) is 2. The van der Waals surface area contributed by atoms with E-state index in [1.54, 1.807) is 0 Å². The Morgan fingerprint density at radius 1 is 1.00 bits per heavy atom. The third-order valence-corrected chi connectivity index (χ3v) is 0. The van der Waals surface area contributed by atoms with Crippen LogP contribution in [-0.4, -0.2) is 19.8 Å². The maximum atomic E-state index is 5.00. The predicted octanol–water partition coefficient (Wildman–Crippen LogP) is 0.930. The summed E-state index contributed by atoms with van der Waals surface area (Å²) in [7, 11) is 0. The summed E-state index contributed by atoms with van der Waals surface area (Å²) >= 11 is 0. The van der Waals surface area contributed by atoms with Gasteiger partial charge in [-0.3, -0.25) is 0 Å². The van der Waals surface area contributed by atoms with E-state index in [4.69, 9.17) is 11.1 Å². The largest absolute Gasteiger partial charge is 0 e. The Hall–Kier alpha value is 0.236. The van der Waals surface area contributed by atoms with E-state index in [2.05, 4.69) is 0 Å². The van der Waals surface area contributed by atoms with Crippen LogP contribution in [0, 0.1) is 11.1 Å². The molecule has 0 saturated heterocycles. The second-order valence-corrected chi connectivity index (χ2v) is 0. The van der Waals surface area contributed by atoms with Crippen molar-refractivity contribution in [1.82, 2.24) is 0 Å². The van der Waals surface area contributed by atoms with Gasteiger partial charge in [-0.25, -0.2) is 11.1 Å². The number of hydrogen-bond donors (Lipinski definition) is 2. The summed E-state index contributed by atoms with van der Waals surface area (Å²) in [6.45, 7) is 0. The zero-order valence-electron chi connectivity index (χ0n) is 1.00. The average molecular weight is 137 g/mol. The molecule has 36 valence electrons. The van der Waals surface area contributed by atoms with Gasteiger partial charge in [0, 0.05) is 1.43 Å². The molecule has 0 saturated carbocycles. The Kier molecular flexibility index (Phi) is 9770. The van der Waals surface area contributed by atoms with E-state index >= 15 is 0 Å². The van der Waals surface area contributed by atoms with Crippen LogP contribution in [-0.2, 0) is 0 Å². The van der Waals surface area contributed by atoms with E-state index < -0.39 is 0 Å². The van der Waals surface area contributed by atoms with Gasteiger partial charge in [0.2, 0.25) is 0 Å². The summed E-state index contributed by atoms with van der Waals surface area (Å²) < 4.78 is 0. The minimum atomic E-state index is 0. The summed E-state index contributed by atoms with van der Waals surface area (Å²) in [5.74, 6) is 0. The fourth-order valence-electron chi connectivity index (χ4n) is 0. The molecule has 0 unspecified atom stereocenters. The third-order valence-electron chi connectivity index (χ3n) is 0. The fraction of sp³-hybridized carbons (Fsp3) is 1.00. The van der Waals surface area contributed by atoms with E-state index in [9.17, 15) is 0 Å². The average Bonchev–Trinajstić information content (AvgIpc) is 1.00. The van der Waals surface area contributed by atoms with Crippen LogP contribution in [0.4, 0.5) is 0 Å². The Bertz CT molecular complexity index is 11.5. The first-order chi connectivity index (χ1) is 1.00. The van der Waals surface area contributed by atoms with Crippen molar-refractivity contribution in [3.05, 3.63) is 0 Å². The Balaban J connectivity index is -0.000000000833. The van der Waals surface area contributed by atoms with Crippen molar-refractivity contribution in [2.75, 3.05) is 0 Å². The molecule has 0 heterocycles. The molecule has 3 heteroatoms. The van der Waals surface area contributed by atoms with Gasteiger partial charge >= 0.3 is 19.8 Å². The van der Waals surface area contributed by atoms with Gasteiger partial charge in [0.1, 0.15) is 0 Å². The van der Waals surface area contributed by atoms with Crippen LogP contribution in [0.3, 0.4) is 0 Å². The normalized spacial score (nSPS) is 0.800. The van der Waals surface area contributed by atoms with E-state index in [1.807, 2.05) is 0 Å². The van der Waals surface area contributed by atoms with Gasteiger partial charge < -0.3 is 0 Å². The minimum Gasteiger partial charge on any atom is 0 e. The smallest absolute Gasteiger partial charge is 0 e. The summed E-state index contributed by atoms with van der Waals surface area (Å²) in [6, 6.07) is 0. The molecular weight excluding hydrogens is 122 g/mol. The van der Waals surface area contributed by atoms with Crippen molar-refractivity contribution in [2.45, 2.75) is 14.9 Å². The second kappa shape index (κ2) is 794. The van der Waals surface area contributed by atoms with Gasteiger partial charge in [0.15, 0.2) is 0 Å². The topological polar surface area (TPSA) is 47.7 Å². The molecule has 0 rings (SSSR count). The zero-order valence-corrected chi connectivity index (χ0v) is 1.00. The minimum absolute atomic E-state index is 0. The van der Waals surface area contributed by atoms with E-state index in [1.165, 1.54) is 0 Å². The molecule has 0 fully saturated rings. The summed E-state index contributed by atoms with van der Waals surface area (Å²) in [4.78, 5) is 0. The van der Waals surface area contributed by atoms with Crippen molar-refractivity contribution in [3.8, 4) is 0 Å². The monoisotopic (exact) mass is 136 g/mol. The third kappa shape index (κ3) is 379. The molecule has 2 N–H and O–H groups in total. The van der Waals surface area contributed by atoms with Gasteiger partial charge in [-0.15, -0.1) is 0 Å². The van der Waals surface area contributed by atoms with Crippen molar-refractivity contribution >= 4 is 19.8 Å². The van der Waals surface area contributed by atoms with Crippen LogP contribution in [0.25, 0.3) is 0 Å². The van der Waals surface area contributed by atoms with Crippen molar-refractivity contribution < 1.29 is 1.43 Å². The maximum absolute atomic E-state index is 5.00. The molecule has 0 aromatic carbocycles. The molecule has 2 nitrogen and oxygen atoms in total. The van der Waals surface area contributed by atoms with Crippen molar-refractivity contribution in [3.63, 3.8) is 0 Å². The van der Waals surface area contributed by atoms with Gasteiger partial charge in [-0.2, -0.15) is 0 Å². The molecule has 0 spiro atoms. The summed E-state index contributed by atoms with van der Waals surface area (Å²) in [5, 5.41) is 0. The zero-order chi connectivity index (χ0) is 2.00. The molecule has 5 heavy (non-hydrogen) atoms. The van der Waals surface area contributed by atoms with Crippen LogP contribution in [0.2, 0.25) is 0 Å². The first-order valence-electron chi connectivity index (χ1n) is 0.250. The summed E-state index contributed by atoms with van der Waals surface area (Å²) in [6.07, 6.45) is 0. The molecule has 0 radical (unpaired) electrons. The van der Waals surface area contributed by atoms with Crippen molar-refractivity contribution in [1.29, 1.82) is 11.1 Å². The van der Waals surface area contributed by atoms with Crippen LogP contribution < -0.4 is 0 Å². The standard InChI is InChI=1S/2CH4.Ga.H2N2.H2.3H/c;;;1-2;;;;/h2*1H4;;1-2H;1H;;;. The maximum Gasteiger partial charge on any atom is 0 e.